The minimum atomic E-state index is -1.99. The lowest BCUT2D eigenvalue weighted by Gasteiger charge is -2.48. The summed E-state index contributed by atoms with van der Waals surface area (Å²) in [6, 6.07) is -1.02. The molecule has 19 heteroatoms. The molecule has 0 bridgehead atoms. The Kier molecular flexibility index (Phi) is 50.2. The molecule has 0 aromatic rings. The summed E-state index contributed by atoms with van der Waals surface area (Å²) in [5.41, 5.74) is 0. The maximum Gasteiger partial charge on any atom is 0.220 e. The van der Waals surface area contributed by atoms with Crippen LogP contribution in [0.5, 0.6) is 0 Å². The number of hydrogen-bond acceptors (Lipinski definition) is 18. The number of ether oxygens (including phenoxy) is 6. The van der Waals surface area contributed by atoms with E-state index in [-0.39, 0.29) is 18.9 Å². The van der Waals surface area contributed by atoms with Crippen LogP contribution in [0.15, 0.2) is 97.2 Å². The van der Waals surface area contributed by atoms with E-state index in [0.29, 0.717) is 12.8 Å². The highest BCUT2D eigenvalue weighted by molar-refractivity contribution is 5.76. The lowest BCUT2D eigenvalue weighted by atomic mass is 9.96. The zero-order valence-corrected chi connectivity index (χ0v) is 57.4. The zero-order valence-electron chi connectivity index (χ0n) is 57.4. The van der Waals surface area contributed by atoms with Crippen LogP contribution in [0.4, 0.5) is 0 Å². The largest absolute Gasteiger partial charge is 0.394 e. The van der Waals surface area contributed by atoms with Crippen LogP contribution in [0, 0.1) is 0 Å². The van der Waals surface area contributed by atoms with Crippen molar-refractivity contribution in [3.05, 3.63) is 97.2 Å². The Morgan fingerprint density at radius 3 is 1.19 bits per heavy atom. The van der Waals surface area contributed by atoms with Gasteiger partial charge in [-0.1, -0.05) is 239 Å². The summed E-state index contributed by atoms with van der Waals surface area (Å²) in [4.78, 5) is 13.4. The number of rotatable bonds is 55. The molecule has 3 heterocycles. The molecule has 12 N–H and O–H groups in total. The van der Waals surface area contributed by atoms with Crippen molar-refractivity contribution >= 4 is 5.91 Å². The number of aliphatic hydroxyl groups is 11. The van der Waals surface area contributed by atoms with Gasteiger partial charge in [-0.15, -0.1) is 0 Å². The first kappa shape index (κ1) is 84.9. The molecule has 542 valence electrons. The smallest absolute Gasteiger partial charge is 0.220 e. The minimum absolute atomic E-state index is 0.204. The highest BCUT2D eigenvalue weighted by atomic mass is 16.8. The van der Waals surface area contributed by atoms with Crippen molar-refractivity contribution in [3.63, 3.8) is 0 Å². The third kappa shape index (κ3) is 36.5. The summed E-state index contributed by atoms with van der Waals surface area (Å²) in [5.74, 6) is -0.311. The molecule has 17 unspecified atom stereocenters. The molecule has 0 aromatic carbocycles. The van der Waals surface area contributed by atoms with Crippen LogP contribution < -0.4 is 5.32 Å². The predicted octanol–water partition coefficient (Wildman–Crippen LogP) is 10.4. The fourth-order valence-corrected chi connectivity index (χ4v) is 11.7. The van der Waals surface area contributed by atoms with E-state index in [0.717, 1.165) is 89.9 Å². The number of aliphatic hydroxyl groups excluding tert-OH is 11. The highest BCUT2D eigenvalue weighted by Crippen LogP contribution is 2.33. The van der Waals surface area contributed by atoms with E-state index in [1.54, 1.807) is 6.08 Å². The van der Waals surface area contributed by atoms with Crippen LogP contribution in [0.25, 0.3) is 0 Å². The molecule has 3 saturated heterocycles. The average Bonchev–Trinajstić information content (AvgIpc) is 0.787. The Hall–Kier alpha value is -3.29. The molecule has 3 rings (SSSR count). The Morgan fingerprint density at radius 2 is 0.745 bits per heavy atom. The third-order valence-electron chi connectivity index (χ3n) is 17.6. The second-order valence-corrected chi connectivity index (χ2v) is 25.6. The summed E-state index contributed by atoms with van der Waals surface area (Å²) in [7, 11) is 0. The van der Waals surface area contributed by atoms with Gasteiger partial charge in [-0.25, -0.2) is 0 Å². The monoisotopic (exact) mass is 1330 g/mol. The van der Waals surface area contributed by atoms with Crippen molar-refractivity contribution in [3.8, 4) is 0 Å². The van der Waals surface area contributed by atoms with Gasteiger partial charge in [0.05, 0.1) is 38.6 Å². The molecule has 1 amide bonds. The molecule has 0 radical (unpaired) electrons. The van der Waals surface area contributed by atoms with Gasteiger partial charge in [0.15, 0.2) is 18.9 Å². The SMILES string of the molecule is CC/C=C\C/C=C\C/C=C\C/C=C\C/C=C\CCCCCCCC(=O)NC(COC1OC(CO)C(OC2OC(CO)C(OC3OC(CO)C(O)C(O)C3O)C(O)C2O)C(O)C1O)C(O)/C=C/CC/C=C/CC/C=C/CCCCCCCCCCCCCCCCCCCC. The normalized spacial score (nSPS) is 27.9. The number of nitrogens with one attached hydrogen (secondary N) is 1. The third-order valence-corrected chi connectivity index (χ3v) is 17.6. The van der Waals surface area contributed by atoms with Crippen LogP contribution in [0.2, 0.25) is 0 Å². The Morgan fingerprint density at radius 1 is 0.394 bits per heavy atom. The summed E-state index contributed by atoms with van der Waals surface area (Å²) >= 11 is 0. The molecule has 3 aliphatic heterocycles. The van der Waals surface area contributed by atoms with Crippen molar-refractivity contribution in [2.45, 2.75) is 343 Å². The zero-order chi connectivity index (χ0) is 68.2. The summed E-state index contributed by atoms with van der Waals surface area (Å²) in [6.07, 6.45) is 46.7. The molecule has 19 nitrogen and oxygen atoms in total. The van der Waals surface area contributed by atoms with Crippen molar-refractivity contribution in [2.75, 3.05) is 26.4 Å². The maximum absolute atomic E-state index is 13.4. The van der Waals surface area contributed by atoms with E-state index >= 15 is 0 Å². The van der Waals surface area contributed by atoms with Gasteiger partial charge in [-0.2, -0.15) is 0 Å². The Bertz CT molecular complexity index is 2080. The standard InChI is InChI=1S/C75H129NO18/c1-3-5-7-9-11-13-15-17-19-21-23-25-26-27-28-29-30-31-33-34-36-38-40-42-44-46-48-50-52-59(80)58(76-63(81)53-51-49-47-45-43-41-39-37-35-32-24-22-20-18-16-14-12-10-8-6-4-2)57-89-73-69(87)66(84)71(61(55-78)91-73)94-75-70(88)67(85)72(62(56-79)92-75)93-74-68(86)65(83)64(82)60(54-77)90-74/h6,8,12,14,18,20,24,32,34,36-37,39,42,44,50,52,58-62,64-75,77-80,82-88H,3-5,7,9-11,13,15-17,19,21-23,25-31,33,35,38,40-41,43,45-49,51,53-57H2,1-2H3,(H,76,81)/b8-6-,14-12-,20-18-,32-24-,36-34+,39-37-,44-42+,52-50+. The Labute approximate surface area is 564 Å². The van der Waals surface area contributed by atoms with Crippen LogP contribution in [-0.4, -0.2) is 193 Å². The van der Waals surface area contributed by atoms with E-state index < -0.39 is 124 Å². The summed E-state index contributed by atoms with van der Waals surface area (Å²) in [6.45, 7) is 1.58. The van der Waals surface area contributed by atoms with Gasteiger partial charge in [0, 0.05) is 6.42 Å². The molecule has 0 aromatic heterocycles. The van der Waals surface area contributed by atoms with E-state index in [9.17, 15) is 61.0 Å². The van der Waals surface area contributed by atoms with Crippen molar-refractivity contribution in [2.24, 2.45) is 0 Å². The lowest BCUT2D eigenvalue weighted by molar-refractivity contribution is -0.379. The molecular formula is C75H129NO18. The number of hydrogen-bond donors (Lipinski definition) is 12. The van der Waals surface area contributed by atoms with Gasteiger partial charge < -0.3 is 89.9 Å². The van der Waals surface area contributed by atoms with Gasteiger partial charge in [-0.05, 0) is 89.9 Å². The van der Waals surface area contributed by atoms with Gasteiger partial charge >= 0.3 is 0 Å². The van der Waals surface area contributed by atoms with Crippen LogP contribution in [-0.2, 0) is 33.2 Å². The topological polar surface area (TPSA) is 307 Å². The first-order chi connectivity index (χ1) is 45.8. The van der Waals surface area contributed by atoms with E-state index in [2.05, 4.69) is 104 Å². The molecule has 17 atom stereocenters. The number of amides is 1. The molecule has 3 fully saturated rings. The fraction of sp³-hybridized carbons (Fsp3) is 0.773. The van der Waals surface area contributed by atoms with E-state index in [1.165, 1.54) is 116 Å². The van der Waals surface area contributed by atoms with Gasteiger partial charge in [0.2, 0.25) is 5.91 Å². The van der Waals surface area contributed by atoms with Crippen LogP contribution in [0.3, 0.4) is 0 Å². The van der Waals surface area contributed by atoms with Gasteiger partial charge in [-0.3, -0.25) is 4.79 Å². The van der Waals surface area contributed by atoms with Crippen molar-refractivity contribution < 1.29 is 89.4 Å². The number of unbranched alkanes of at least 4 members (excludes halogenated alkanes) is 25. The van der Waals surface area contributed by atoms with Crippen LogP contribution in [0.1, 0.15) is 239 Å². The van der Waals surface area contributed by atoms with E-state index in [4.69, 9.17) is 28.4 Å². The van der Waals surface area contributed by atoms with E-state index in [1.807, 2.05) is 6.08 Å². The predicted molar refractivity (Wildman–Crippen MR) is 369 cm³/mol. The second kappa shape index (κ2) is 55.6. The lowest BCUT2D eigenvalue weighted by Crippen LogP contribution is -2.66. The maximum atomic E-state index is 13.4. The molecule has 94 heavy (non-hydrogen) atoms. The molecule has 0 spiro atoms. The quantitative estimate of drug-likeness (QED) is 0.0199. The molecule has 0 aliphatic carbocycles. The van der Waals surface area contributed by atoms with Crippen LogP contribution >= 0.6 is 0 Å². The number of carbonyl (C=O) groups excluding carboxylic acids is 1. The van der Waals surface area contributed by atoms with Gasteiger partial charge in [0.25, 0.3) is 0 Å². The first-order valence-electron chi connectivity index (χ1n) is 36.5. The first-order valence-corrected chi connectivity index (χ1v) is 36.5. The minimum Gasteiger partial charge on any atom is -0.394 e. The Balaban J connectivity index is 1.45. The fourth-order valence-electron chi connectivity index (χ4n) is 11.7. The van der Waals surface area contributed by atoms with Gasteiger partial charge in [0.1, 0.15) is 73.2 Å². The number of carbonyl (C=O) groups is 1. The average molecular weight is 1330 g/mol. The van der Waals surface area contributed by atoms with Crippen molar-refractivity contribution in [1.29, 1.82) is 0 Å². The summed E-state index contributed by atoms with van der Waals surface area (Å²) < 4.78 is 34.3. The van der Waals surface area contributed by atoms with Crippen molar-refractivity contribution in [1.82, 2.24) is 5.32 Å². The number of allylic oxidation sites excluding steroid dienone is 15. The molecule has 0 saturated carbocycles. The molecule has 3 aliphatic rings. The second-order valence-electron chi connectivity index (χ2n) is 25.6. The molecular weight excluding hydrogens is 1200 g/mol. The highest BCUT2D eigenvalue weighted by Gasteiger charge is 2.53. The summed E-state index contributed by atoms with van der Waals surface area (Å²) in [5, 5.41) is 121.